The van der Waals surface area contributed by atoms with E-state index in [9.17, 15) is 0 Å². The third-order valence-electron chi connectivity index (χ3n) is 1.77. The third kappa shape index (κ3) is 2.92. The Balaban J connectivity index is 0.000001000. The first-order chi connectivity index (χ1) is 4.46. The van der Waals surface area contributed by atoms with Crippen LogP contribution in [0, 0.1) is 0 Å². The molecule has 1 saturated carbocycles. The molecule has 0 saturated heterocycles. The zero-order valence-electron chi connectivity index (χ0n) is 5.66. The van der Waals surface area contributed by atoms with Crippen LogP contribution in [0.25, 0.3) is 0 Å². The second-order valence-corrected chi connectivity index (χ2v) is 5.58. The summed E-state index contributed by atoms with van der Waals surface area (Å²) in [6.45, 7) is 0. The molecule has 0 aliphatic heterocycles. The Morgan fingerprint density at radius 2 is 1.00 bits per heavy atom. The molecule has 0 aromatic heterocycles. The third-order valence-corrected chi connectivity index (χ3v) is 4.20. The van der Waals surface area contributed by atoms with Gasteiger partial charge in [0.25, 0.3) is 0 Å². The van der Waals surface area contributed by atoms with Crippen LogP contribution < -0.4 is 0 Å². The second kappa shape index (κ2) is 4.38. The Kier molecular flexibility index (Phi) is 5.11. The van der Waals surface area contributed by atoms with E-state index in [1.54, 1.807) is 0 Å². The Morgan fingerprint density at radius 3 is 1.18 bits per heavy atom. The molecule has 0 heterocycles. The summed E-state index contributed by atoms with van der Waals surface area (Å²) in [6.07, 6.45) is 3.38. The SMILES string of the molecule is ClC1(Cl)CCCCC1(Cl)Cl.[Pt]. The normalized spacial score (nSPS) is 27.3. The molecule has 1 fully saturated rings. The average Bonchev–Trinajstić information content (AvgIpc) is 1.77. The van der Waals surface area contributed by atoms with Crippen molar-refractivity contribution in [1.29, 1.82) is 0 Å². The van der Waals surface area contributed by atoms with Crippen molar-refractivity contribution >= 4 is 46.4 Å². The van der Waals surface area contributed by atoms with E-state index in [4.69, 9.17) is 46.4 Å². The van der Waals surface area contributed by atoms with Gasteiger partial charge in [0, 0.05) is 21.1 Å². The first-order valence-corrected chi connectivity index (χ1v) is 4.72. The largest absolute Gasteiger partial charge is 0.151 e. The minimum absolute atomic E-state index is 0. The Hall–Kier alpha value is 1.85. The number of alkyl halides is 4. The standard InChI is InChI=1S/C6H8Cl4.Pt/c7-5(8)3-1-2-4-6(5,9)10;/h1-4H2;. The summed E-state index contributed by atoms with van der Waals surface area (Å²) in [5.41, 5.74) is 0. The quantitative estimate of drug-likeness (QED) is 0.525. The van der Waals surface area contributed by atoms with Gasteiger partial charge in [-0.1, -0.05) is 59.2 Å². The molecule has 1 rings (SSSR count). The number of hydrogen-bond donors (Lipinski definition) is 0. The topological polar surface area (TPSA) is 0 Å². The number of rotatable bonds is 0. The van der Waals surface area contributed by atoms with Crippen molar-refractivity contribution in [2.45, 2.75) is 34.3 Å². The molecule has 0 bridgehead atoms. The van der Waals surface area contributed by atoms with Gasteiger partial charge in [-0.15, -0.1) is 0 Å². The zero-order chi connectivity index (χ0) is 7.83. The van der Waals surface area contributed by atoms with Crippen LogP contribution in [0.3, 0.4) is 0 Å². The molecule has 11 heavy (non-hydrogen) atoms. The van der Waals surface area contributed by atoms with Gasteiger partial charge in [0.2, 0.25) is 0 Å². The Labute approximate surface area is 101 Å². The van der Waals surface area contributed by atoms with Gasteiger partial charge in [0.1, 0.15) is 0 Å². The number of halogens is 4. The van der Waals surface area contributed by atoms with E-state index < -0.39 is 8.67 Å². The number of hydrogen-bond acceptors (Lipinski definition) is 0. The zero-order valence-corrected chi connectivity index (χ0v) is 11.0. The van der Waals surface area contributed by atoms with Gasteiger partial charge >= 0.3 is 0 Å². The van der Waals surface area contributed by atoms with Gasteiger partial charge < -0.3 is 0 Å². The van der Waals surface area contributed by atoms with Crippen LogP contribution >= 0.6 is 46.4 Å². The molecule has 70 valence electrons. The molecule has 0 aromatic rings. The molecule has 5 heteroatoms. The molecule has 0 nitrogen and oxygen atoms in total. The van der Waals surface area contributed by atoms with Gasteiger partial charge in [-0.25, -0.2) is 0 Å². The van der Waals surface area contributed by atoms with E-state index in [1.165, 1.54) is 0 Å². The summed E-state index contributed by atoms with van der Waals surface area (Å²) in [4.78, 5) is 0. The maximum absolute atomic E-state index is 5.87. The molecule has 1 aliphatic rings. The van der Waals surface area contributed by atoms with Crippen molar-refractivity contribution in [3.8, 4) is 0 Å². The minimum Gasteiger partial charge on any atom is -0.0983 e. The minimum atomic E-state index is -0.950. The van der Waals surface area contributed by atoms with Crippen molar-refractivity contribution in [2.24, 2.45) is 0 Å². The summed E-state index contributed by atoms with van der Waals surface area (Å²) in [5.74, 6) is 0. The maximum atomic E-state index is 5.87. The van der Waals surface area contributed by atoms with Crippen LogP contribution in [-0.2, 0) is 21.1 Å². The van der Waals surface area contributed by atoms with E-state index in [-0.39, 0.29) is 21.1 Å². The van der Waals surface area contributed by atoms with Crippen LogP contribution in [0.2, 0.25) is 0 Å². The molecular formula is C6H8Cl4Pt. The molecule has 0 aromatic carbocycles. The molecule has 0 spiro atoms. The monoisotopic (exact) mass is 415 g/mol. The predicted octanol–water partition coefficient (Wildman–Crippen LogP) is 3.91. The molecule has 0 unspecified atom stereocenters. The summed E-state index contributed by atoms with van der Waals surface area (Å²) >= 11 is 23.5. The second-order valence-electron chi connectivity index (χ2n) is 2.62. The fourth-order valence-electron chi connectivity index (χ4n) is 1.06. The van der Waals surface area contributed by atoms with Crippen LogP contribution in [0.4, 0.5) is 0 Å². The van der Waals surface area contributed by atoms with Gasteiger partial charge in [-0.2, -0.15) is 0 Å². The van der Waals surface area contributed by atoms with Crippen molar-refractivity contribution in [1.82, 2.24) is 0 Å². The summed E-state index contributed by atoms with van der Waals surface area (Å²) < 4.78 is -1.90. The Morgan fingerprint density at radius 1 is 0.727 bits per heavy atom. The smallest absolute Gasteiger partial charge is 0.0983 e. The van der Waals surface area contributed by atoms with Gasteiger partial charge in [0.05, 0.1) is 0 Å². The van der Waals surface area contributed by atoms with Crippen LogP contribution in [0.5, 0.6) is 0 Å². The first kappa shape index (κ1) is 12.8. The van der Waals surface area contributed by atoms with E-state index in [2.05, 4.69) is 0 Å². The summed E-state index contributed by atoms with van der Waals surface area (Å²) in [7, 11) is 0. The fourth-order valence-corrected chi connectivity index (χ4v) is 1.97. The van der Waals surface area contributed by atoms with Gasteiger partial charge in [-0.3, -0.25) is 0 Å². The molecule has 0 radical (unpaired) electrons. The van der Waals surface area contributed by atoms with Gasteiger partial charge in [0.15, 0.2) is 8.67 Å². The molecule has 0 atom stereocenters. The molecule has 0 N–H and O–H groups in total. The van der Waals surface area contributed by atoms with Crippen molar-refractivity contribution < 1.29 is 21.1 Å². The molecule has 0 amide bonds. The predicted molar refractivity (Wildman–Crippen MR) is 47.3 cm³/mol. The van der Waals surface area contributed by atoms with E-state index >= 15 is 0 Å². The van der Waals surface area contributed by atoms with E-state index in [0.717, 1.165) is 12.8 Å². The Bertz CT molecular complexity index is 119. The van der Waals surface area contributed by atoms with E-state index in [0.29, 0.717) is 12.8 Å². The summed E-state index contributed by atoms with van der Waals surface area (Å²) in [6, 6.07) is 0. The van der Waals surface area contributed by atoms with Crippen LogP contribution in [0.15, 0.2) is 0 Å². The van der Waals surface area contributed by atoms with Crippen molar-refractivity contribution in [2.75, 3.05) is 0 Å². The average molecular weight is 417 g/mol. The van der Waals surface area contributed by atoms with Gasteiger partial charge in [-0.05, 0) is 12.8 Å². The van der Waals surface area contributed by atoms with Crippen molar-refractivity contribution in [3.05, 3.63) is 0 Å². The first-order valence-electron chi connectivity index (χ1n) is 3.21. The molecular weight excluding hydrogens is 409 g/mol. The molecule has 1 aliphatic carbocycles. The van der Waals surface area contributed by atoms with Crippen molar-refractivity contribution in [3.63, 3.8) is 0 Å². The fraction of sp³-hybridized carbons (Fsp3) is 1.00. The summed E-state index contributed by atoms with van der Waals surface area (Å²) in [5, 5.41) is 0. The van der Waals surface area contributed by atoms with Crippen LogP contribution in [0.1, 0.15) is 25.7 Å². The van der Waals surface area contributed by atoms with E-state index in [1.807, 2.05) is 0 Å². The maximum Gasteiger partial charge on any atom is 0.151 e. The van der Waals surface area contributed by atoms with Crippen LogP contribution in [-0.4, -0.2) is 8.67 Å².